The molecular weight excluding hydrogens is 240 g/mol. The van der Waals surface area contributed by atoms with E-state index in [1.807, 2.05) is 20.8 Å². The summed E-state index contributed by atoms with van der Waals surface area (Å²) in [6.07, 6.45) is 1.49. The Bertz CT molecular complexity index is 441. The Balaban J connectivity index is 2.69. The third-order valence-corrected chi connectivity index (χ3v) is 3.83. The summed E-state index contributed by atoms with van der Waals surface area (Å²) >= 11 is 0. The molecule has 0 amide bonds. The van der Waals surface area contributed by atoms with Gasteiger partial charge in [0.25, 0.3) is 10.0 Å². The highest BCUT2D eigenvalue weighted by Crippen LogP contribution is 2.07. The molecule has 0 fully saturated rings. The summed E-state index contributed by atoms with van der Waals surface area (Å²) < 4.78 is 28.0. The van der Waals surface area contributed by atoms with Gasteiger partial charge in [-0.2, -0.15) is 5.10 Å². The van der Waals surface area contributed by atoms with Gasteiger partial charge in [0.05, 0.1) is 6.20 Å². The predicted octanol–water partition coefficient (Wildman–Crippen LogP) is 0.179. The molecule has 1 aromatic heterocycles. The van der Waals surface area contributed by atoms with Crippen molar-refractivity contribution in [3.05, 3.63) is 12.3 Å². The zero-order valence-electron chi connectivity index (χ0n) is 10.5. The van der Waals surface area contributed by atoms with Gasteiger partial charge < -0.3 is 5.32 Å². The Morgan fingerprint density at radius 3 is 2.76 bits per heavy atom. The average Bonchev–Trinajstić information content (AvgIpc) is 2.76. The highest BCUT2D eigenvalue weighted by molar-refractivity contribution is 7.89. The average molecular weight is 260 g/mol. The van der Waals surface area contributed by atoms with Gasteiger partial charge in [0.15, 0.2) is 5.03 Å². The molecule has 0 unspecified atom stereocenters. The second-order valence-electron chi connectivity index (χ2n) is 3.80. The minimum atomic E-state index is -3.46. The first-order chi connectivity index (χ1) is 8.01. The van der Waals surface area contributed by atoms with E-state index >= 15 is 0 Å². The van der Waals surface area contributed by atoms with Crippen molar-refractivity contribution in [2.24, 2.45) is 0 Å². The van der Waals surface area contributed by atoms with Crippen molar-refractivity contribution in [2.75, 3.05) is 13.1 Å². The van der Waals surface area contributed by atoms with E-state index in [0.29, 0.717) is 13.1 Å². The van der Waals surface area contributed by atoms with Crippen LogP contribution in [0.4, 0.5) is 0 Å². The zero-order valence-corrected chi connectivity index (χ0v) is 11.3. The van der Waals surface area contributed by atoms with Crippen LogP contribution in [0.15, 0.2) is 17.3 Å². The first-order valence-corrected chi connectivity index (χ1v) is 7.24. The summed E-state index contributed by atoms with van der Waals surface area (Å²) in [4.78, 5) is 0. The van der Waals surface area contributed by atoms with Crippen molar-refractivity contribution < 1.29 is 8.42 Å². The van der Waals surface area contributed by atoms with E-state index in [1.165, 1.54) is 16.9 Å². The molecule has 2 N–H and O–H groups in total. The summed E-state index contributed by atoms with van der Waals surface area (Å²) in [7, 11) is -3.46. The molecule has 0 bridgehead atoms. The van der Waals surface area contributed by atoms with Crippen molar-refractivity contribution in [1.82, 2.24) is 19.8 Å². The van der Waals surface area contributed by atoms with Crippen molar-refractivity contribution in [3.8, 4) is 0 Å². The Labute approximate surface area is 102 Å². The number of likely N-dealkylation sites (N-methyl/N-ethyl adjacent to an activating group) is 1. The zero-order chi connectivity index (χ0) is 12.9. The van der Waals surface area contributed by atoms with Crippen LogP contribution in [0, 0.1) is 0 Å². The van der Waals surface area contributed by atoms with Crippen LogP contribution in [0.3, 0.4) is 0 Å². The fourth-order valence-corrected chi connectivity index (χ4v) is 2.83. The molecule has 1 rings (SSSR count). The molecule has 7 heteroatoms. The SMILES string of the molecule is CCN[C@H](C)CNS(=O)(=O)c1ccnn1CC. The minimum absolute atomic E-state index is 0.104. The molecule has 0 aromatic carbocycles. The Kier molecular flexibility index (Phi) is 5.10. The maximum absolute atomic E-state index is 12.0. The van der Waals surface area contributed by atoms with Gasteiger partial charge in [0.2, 0.25) is 0 Å². The number of aromatic nitrogens is 2. The fraction of sp³-hybridized carbons (Fsp3) is 0.700. The van der Waals surface area contributed by atoms with E-state index in [1.54, 1.807) is 0 Å². The maximum atomic E-state index is 12.0. The third-order valence-electron chi connectivity index (χ3n) is 2.38. The molecule has 0 aliphatic rings. The standard InChI is InChI=1S/C10H20N4O2S/c1-4-11-9(3)8-13-17(15,16)10-6-7-12-14(10)5-2/h6-7,9,11,13H,4-5,8H2,1-3H3/t9-/m1/s1. The number of aryl methyl sites for hydroxylation is 1. The van der Waals surface area contributed by atoms with Crippen molar-refractivity contribution in [1.29, 1.82) is 0 Å². The van der Waals surface area contributed by atoms with Gasteiger partial charge >= 0.3 is 0 Å². The molecule has 0 spiro atoms. The summed E-state index contributed by atoms with van der Waals surface area (Å²) in [5, 5.41) is 7.30. The Hall–Kier alpha value is -0.920. The minimum Gasteiger partial charge on any atom is -0.313 e. The molecular formula is C10H20N4O2S. The molecule has 1 aromatic rings. The Morgan fingerprint density at radius 2 is 2.18 bits per heavy atom. The van der Waals surface area contributed by atoms with Gasteiger partial charge in [-0.15, -0.1) is 0 Å². The van der Waals surface area contributed by atoms with Gasteiger partial charge in [-0.25, -0.2) is 13.1 Å². The number of hydrogen-bond donors (Lipinski definition) is 2. The van der Waals surface area contributed by atoms with Crippen LogP contribution < -0.4 is 10.0 Å². The van der Waals surface area contributed by atoms with E-state index < -0.39 is 10.0 Å². The molecule has 0 saturated heterocycles. The summed E-state index contributed by atoms with van der Waals surface area (Å²) in [5.74, 6) is 0. The van der Waals surface area contributed by atoms with Gasteiger partial charge in [0.1, 0.15) is 0 Å². The number of nitrogens with one attached hydrogen (secondary N) is 2. The van der Waals surface area contributed by atoms with Crippen LogP contribution in [0.25, 0.3) is 0 Å². The topological polar surface area (TPSA) is 76.0 Å². The molecule has 0 aliphatic carbocycles. The van der Waals surface area contributed by atoms with Crippen LogP contribution in [-0.2, 0) is 16.6 Å². The summed E-state index contributed by atoms with van der Waals surface area (Å²) in [6, 6.07) is 1.61. The fourth-order valence-electron chi connectivity index (χ4n) is 1.52. The molecule has 1 atom stereocenters. The van der Waals surface area contributed by atoms with E-state index in [2.05, 4.69) is 15.1 Å². The van der Waals surface area contributed by atoms with Crippen molar-refractivity contribution >= 4 is 10.0 Å². The normalized spacial score (nSPS) is 13.8. The number of rotatable bonds is 7. The van der Waals surface area contributed by atoms with E-state index in [9.17, 15) is 8.42 Å². The van der Waals surface area contributed by atoms with Crippen LogP contribution in [0.5, 0.6) is 0 Å². The highest BCUT2D eigenvalue weighted by Gasteiger charge is 2.18. The lowest BCUT2D eigenvalue weighted by Gasteiger charge is -2.13. The van der Waals surface area contributed by atoms with Crippen LogP contribution in [0.1, 0.15) is 20.8 Å². The Morgan fingerprint density at radius 1 is 1.47 bits per heavy atom. The molecule has 1 heterocycles. The number of hydrogen-bond acceptors (Lipinski definition) is 4. The second kappa shape index (κ2) is 6.13. The quantitative estimate of drug-likeness (QED) is 0.733. The molecule has 0 radical (unpaired) electrons. The van der Waals surface area contributed by atoms with Gasteiger partial charge in [-0.1, -0.05) is 6.92 Å². The third kappa shape index (κ3) is 3.79. The lowest BCUT2D eigenvalue weighted by Crippen LogP contribution is -2.39. The summed E-state index contributed by atoms with van der Waals surface area (Å²) in [5.41, 5.74) is 0. The smallest absolute Gasteiger partial charge is 0.257 e. The summed E-state index contributed by atoms with van der Waals surface area (Å²) in [6.45, 7) is 7.49. The molecule has 17 heavy (non-hydrogen) atoms. The van der Waals surface area contributed by atoms with Gasteiger partial charge in [-0.3, -0.25) is 4.68 Å². The molecule has 6 nitrogen and oxygen atoms in total. The predicted molar refractivity (Wildman–Crippen MR) is 66.2 cm³/mol. The molecule has 0 aliphatic heterocycles. The number of sulfonamides is 1. The van der Waals surface area contributed by atoms with E-state index in [0.717, 1.165) is 6.54 Å². The maximum Gasteiger partial charge on any atom is 0.257 e. The monoisotopic (exact) mass is 260 g/mol. The van der Waals surface area contributed by atoms with Crippen molar-refractivity contribution in [2.45, 2.75) is 38.4 Å². The second-order valence-corrected chi connectivity index (χ2v) is 5.51. The van der Waals surface area contributed by atoms with E-state index in [-0.39, 0.29) is 11.1 Å². The lowest BCUT2D eigenvalue weighted by molar-refractivity contribution is 0.520. The van der Waals surface area contributed by atoms with Crippen LogP contribution in [0.2, 0.25) is 0 Å². The molecule has 0 saturated carbocycles. The van der Waals surface area contributed by atoms with Crippen LogP contribution in [-0.4, -0.2) is 37.3 Å². The van der Waals surface area contributed by atoms with E-state index in [4.69, 9.17) is 0 Å². The van der Waals surface area contributed by atoms with Gasteiger partial charge in [-0.05, 0) is 26.5 Å². The van der Waals surface area contributed by atoms with Crippen LogP contribution >= 0.6 is 0 Å². The highest BCUT2D eigenvalue weighted by atomic mass is 32.2. The number of nitrogens with zero attached hydrogens (tertiary/aromatic N) is 2. The first kappa shape index (κ1) is 14.1. The largest absolute Gasteiger partial charge is 0.313 e. The first-order valence-electron chi connectivity index (χ1n) is 5.76. The molecule has 98 valence electrons. The van der Waals surface area contributed by atoms with Crippen molar-refractivity contribution in [3.63, 3.8) is 0 Å². The lowest BCUT2D eigenvalue weighted by atomic mass is 10.3. The van der Waals surface area contributed by atoms with Gasteiger partial charge in [0, 0.05) is 19.1 Å².